The van der Waals surface area contributed by atoms with E-state index in [1.54, 1.807) is 35.5 Å². The number of nitrogens with zero attached hydrogens (tertiary/aromatic N) is 4. The molecule has 0 aliphatic carbocycles. The second kappa shape index (κ2) is 6.64. The molecule has 0 saturated carbocycles. The average molecular weight is 292 g/mol. The van der Waals surface area contributed by atoms with Gasteiger partial charge in [0.1, 0.15) is 11.5 Å². The average Bonchev–Trinajstić information content (AvgIpc) is 3.02. The molecule has 3 aromatic rings. The van der Waals surface area contributed by atoms with Crippen molar-refractivity contribution >= 4 is 0 Å². The molecule has 4 nitrogen and oxygen atoms in total. The molecule has 0 spiro atoms. The summed E-state index contributed by atoms with van der Waals surface area (Å²) in [6, 6.07) is 9.93. The Labute approximate surface area is 127 Å². The van der Waals surface area contributed by atoms with Crippen LogP contribution < -0.4 is 0 Å². The molecule has 0 radical (unpaired) electrons. The van der Waals surface area contributed by atoms with Crippen LogP contribution in [0.3, 0.4) is 0 Å². The Morgan fingerprint density at radius 1 is 1.05 bits per heavy atom. The SMILES string of the molecule is Fc1ccc(-c2cnn(CCC#Cc3ccncc3)n2)cc1. The van der Waals surface area contributed by atoms with Crippen molar-refractivity contribution in [3.05, 3.63) is 66.4 Å². The van der Waals surface area contributed by atoms with Crippen molar-refractivity contribution < 1.29 is 4.39 Å². The van der Waals surface area contributed by atoms with Gasteiger partial charge >= 0.3 is 0 Å². The molecule has 0 aliphatic heterocycles. The maximum atomic E-state index is 12.9. The standard InChI is InChI=1S/C17H13FN4/c18-16-6-4-15(5-7-16)17-13-20-22(21-17)12-2-1-3-14-8-10-19-11-9-14/h4-11,13H,2,12H2. The van der Waals surface area contributed by atoms with Crippen molar-refractivity contribution in [2.45, 2.75) is 13.0 Å². The van der Waals surface area contributed by atoms with E-state index in [9.17, 15) is 4.39 Å². The van der Waals surface area contributed by atoms with Gasteiger partial charge in [-0.25, -0.2) is 4.39 Å². The van der Waals surface area contributed by atoms with Crippen molar-refractivity contribution in [1.82, 2.24) is 20.0 Å². The van der Waals surface area contributed by atoms with Gasteiger partial charge in [-0.15, -0.1) is 0 Å². The molecule has 1 aromatic carbocycles. The lowest BCUT2D eigenvalue weighted by molar-refractivity contribution is 0.549. The fourth-order valence-corrected chi connectivity index (χ4v) is 1.91. The number of hydrogen-bond donors (Lipinski definition) is 0. The first-order valence-electron chi connectivity index (χ1n) is 6.86. The summed E-state index contributed by atoms with van der Waals surface area (Å²) in [5.74, 6) is 5.88. The van der Waals surface area contributed by atoms with Crippen molar-refractivity contribution in [2.75, 3.05) is 0 Å². The predicted octanol–water partition coefficient (Wildman–Crippen LogP) is 2.92. The van der Waals surface area contributed by atoms with Crippen molar-refractivity contribution in [2.24, 2.45) is 0 Å². The minimum absolute atomic E-state index is 0.262. The molecule has 0 saturated heterocycles. The van der Waals surface area contributed by atoms with Crippen LogP contribution in [-0.4, -0.2) is 20.0 Å². The number of hydrogen-bond acceptors (Lipinski definition) is 3. The highest BCUT2D eigenvalue weighted by Crippen LogP contribution is 2.15. The summed E-state index contributed by atoms with van der Waals surface area (Å²) in [4.78, 5) is 5.54. The summed E-state index contributed by atoms with van der Waals surface area (Å²) in [5, 5.41) is 8.55. The normalized spacial score (nSPS) is 10.0. The summed E-state index contributed by atoms with van der Waals surface area (Å²) >= 11 is 0. The smallest absolute Gasteiger partial charge is 0.123 e. The van der Waals surface area contributed by atoms with Crippen LogP contribution in [0.2, 0.25) is 0 Å². The molecule has 0 unspecified atom stereocenters. The van der Waals surface area contributed by atoms with Gasteiger partial charge in [0, 0.05) is 29.9 Å². The highest BCUT2D eigenvalue weighted by molar-refractivity contribution is 5.57. The van der Waals surface area contributed by atoms with E-state index in [4.69, 9.17) is 0 Å². The van der Waals surface area contributed by atoms with Gasteiger partial charge in [-0.1, -0.05) is 11.8 Å². The van der Waals surface area contributed by atoms with E-state index in [2.05, 4.69) is 27.0 Å². The van der Waals surface area contributed by atoms with Crippen LogP contribution in [0.5, 0.6) is 0 Å². The number of pyridine rings is 1. The lowest BCUT2D eigenvalue weighted by Gasteiger charge is -1.96. The third kappa shape index (κ3) is 3.55. The molecule has 0 bridgehead atoms. The molecule has 0 aliphatic rings. The molecule has 0 amide bonds. The molecule has 0 N–H and O–H groups in total. The minimum atomic E-state index is -0.262. The molecule has 22 heavy (non-hydrogen) atoms. The topological polar surface area (TPSA) is 43.6 Å². The second-order valence-electron chi connectivity index (χ2n) is 4.62. The molecule has 3 rings (SSSR count). The molecule has 108 valence electrons. The number of aromatic nitrogens is 4. The largest absolute Gasteiger partial charge is 0.265 e. The molecule has 0 fully saturated rings. The predicted molar refractivity (Wildman–Crippen MR) is 81.1 cm³/mol. The second-order valence-corrected chi connectivity index (χ2v) is 4.62. The number of rotatable bonds is 3. The fourth-order valence-electron chi connectivity index (χ4n) is 1.91. The maximum absolute atomic E-state index is 12.9. The van der Waals surface area contributed by atoms with Crippen LogP contribution >= 0.6 is 0 Å². The Morgan fingerprint density at radius 2 is 1.82 bits per heavy atom. The zero-order chi connectivity index (χ0) is 15.2. The zero-order valence-electron chi connectivity index (χ0n) is 11.8. The summed E-state index contributed by atoms with van der Waals surface area (Å²) in [7, 11) is 0. The van der Waals surface area contributed by atoms with Crippen LogP contribution in [0.1, 0.15) is 12.0 Å². The van der Waals surface area contributed by atoms with Gasteiger partial charge in [0.2, 0.25) is 0 Å². The first kappa shape index (κ1) is 14.0. The van der Waals surface area contributed by atoms with Gasteiger partial charge in [0.25, 0.3) is 0 Å². The Hall–Kier alpha value is -3.00. The summed E-state index contributed by atoms with van der Waals surface area (Å²) < 4.78 is 12.9. The lowest BCUT2D eigenvalue weighted by atomic mass is 10.2. The minimum Gasteiger partial charge on any atom is -0.265 e. The number of halogens is 1. The molecule has 2 aromatic heterocycles. The van der Waals surface area contributed by atoms with Crippen molar-refractivity contribution in [3.8, 4) is 23.1 Å². The van der Waals surface area contributed by atoms with Crippen LogP contribution in [0.25, 0.3) is 11.3 Å². The van der Waals surface area contributed by atoms with E-state index < -0.39 is 0 Å². The summed E-state index contributed by atoms with van der Waals surface area (Å²) in [6.45, 7) is 0.610. The Bertz CT molecular complexity index is 798. The van der Waals surface area contributed by atoms with Gasteiger partial charge in [-0.05, 0) is 36.4 Å². The maximum Gasteiger partial charge on any atom is 0.123 e. The monoisotopic (exact) mass is 292 g/mol. The third-order valence-electron chi connectivity index (χ3n) is 3.03. The van der Waals surface area contributed by atoms with Crippen LogP contribution in [0, 0.1) is 17.7 Å². The first-order chi connectivity index (χ1) is 10.8. The van der Waals surface area contributed by atoms with E-state index in [-0.39, 0.29) is 5.82 Å². The van der Waals surface area contributed by atoms with E-state index >= 15 is 0 Å². The van der Waals surface area contributed by atoms with Gasteiger partial charge in [-0.2, -0.15) is 15.0 Å². The molecule has 5 heteroatoms. The quantitative estimate of drug-likeness (QED) is 0.697. The van der Waals surface area contributed by atoms with E-state index in [0.717, 1.165) is 16.8 Å². The number of benzene rings is 1. The highest BCUT2D eigenvalue weighted by atomic mass is 19.1. The van der Waals surface area contributed by atoms with E-state index in [0.29, 0.717) is 13.0 Å². The van der Waals surface area contributed by atoms with Crippen LogP contribution in [-0.2, 0) is 6.54 Å². The van der Waals surface area contributed by atoms with Gasteiger partial charge in [-0.3, -0.25) is 4.98 Å². The Balaban J connectivity index is 1.61. The van der Waals surface area contributed by atoms with E-state index in [1.807, 2.05) is 12.1 Å². The molecular formula is C17H13FN4. The summed E-state index contributed by atoms with van der Waals surface area (Å²) in [6.07, 6.45) is 5.76. The molecule has 0 atom stereocenters. The Morgan fingerprint density at radius 3 is 2.59 bits per heavy atom. The number of aryl methyl sites for hydroxylation is 1. The van der Waals surface area contributed by atoms with Gasteiger partial charge < -0.3 is 0 Å². The van der Waals surface area contributed by atoms with Crippen molar-refractivity contribution in [1.29, 1.82) is 0 Å². The summed E-state index contributed by atoms with van der Waals surface area (Å²) in [5.41, 5.74) is 2.51. The highest BCUT2D eigenvalue weighted by Gasteiger charge is 2.03. The Kier molecular flexibility index (Phi) is 4.21. The third-order valence-corrected chi connectivity index (χ3v) is 3.03. The van der Waals surface area contributed by atoms with Crippen molar-refractivity contribution in [3.63, 3.8) is 0 Å². The van der Waals surface area contributed by atoms with Gasteiger partial charge in [0.05, 0.1) is 12.7 Å². The fraction of sp³-hybridized carbons (Fsp3) is 0.118. The molecular weight excluding hydrogens is 279 g/mol. The van der Waals surface area contributed by atoms with Crippen LogP contribution in [0.4, 0.5) is 4.39 Å². The van der Waals surface area contributed by atoms with Gasteiger partial charge in [0.15, 0.2) is 0 Å². The van der Waals surface area contributed by atoms with E-state index in [1.165, 1.54) is 12.1 Å². The zero-order valence-corrected chi connectivity index (χ0v) is 11.8. The van der Waals surface area contributed by atoms with Crippen LogP contribution in [0.15, 0.2) is 55.0 Å². The molecule has 2 heterocycles. The lowest BCUT2D eigenvalue weighted by Crippen LogP contribution is -2.01. The first-order valence-corrected chi connectivity index (χ1v) is 6.86.